The average molecular weight is 450 g/mol. The number of rotatable bonds is 5. The van der Waals surface area contributed by atoms with Crippen LogP contribution in [0.25, 0.3) is 0 Å². The lowest BCUT2D eigenvalue weighted by Crippen LogP contribution is -2.49. The minimum absolute atomic E-state index is 0.145. The molecule has 0 aliphatic carbocycles. The molecule has 132 valence electrons. The van der Waals surface area contributed by atoms with Crippen molar-refractivity contribution in [1.29, 1.82) is 0 Å². The van der Waals surface area contributed by atoms with Crippen LogP contribution in [0.2, 0.25) is 0 Å². The number of carbonyl (C=O) groups excluding carboxylic acids is 1. The van der Waals surface area contributed by atoms with Crippen molar-refractivity contribution in [3.05, 3.63) is 63.2 Å². The van der Waals surface area contributed by atoms with Crippen molar-refractivity contribution < 1.29 is 9.53 Å². The summed E-state index contributed by atoms with van der Waals surface area (Å²) in [4.78, 5) is 16.9. The quantitative estimate of drug-likeness (QED) is 0.656. The molecular formula is C20H23IN2O2. The molecule has 4 nitrogen and oxygen atoms in total. The highest BCUT2D eigenvalue weighted by molar-refractivity contribution is 14.1. The van der Waals surface area contributed by atoms with Gasteiger partial charge in [-0.3, -0.25) is 9.69 Å². The average Bonchev–Trinajstić information content (AvgIpc) is 2.67. The Morgan fingerprint density at radius 3 is 2.24 bits per heavy atom. The zero-order chi connectivity index (χ0) is 17.6. The second-order valence-electron chi connectivity index (χ2n) is 6.24. The number of nitrogens with zero attached hydrogens (tertiary/aromatic N) is 2. The third-order valence-corrected chi connectivity index (χ3v) is 5.35. The topological polar surface area (TPSA) is 32.8 Å². The van der Waals surface area contributed by atoms with Crippen molar-refractivity contribution in [2.24, 2.45) is 0 Å². The summed E-state index contributed by atoms with van der Waals surface area (Å²) in [5.41, 5.74) is 2.10. The summed E-state index contributed by atoms with van der Waals surface area (Å²) >= 11 is 2.26. The fraction of sp³-hybridized carbons (Fsp3) is 0.350. The number of halogens is 1. The lowest BCUT2D eigenvalue weighted by atomic mass is 10.1. The van der Waals surface area contributed by atoms with E-state index in [9.17, 15) is 4.79 Å². The Morgan fingerprint density at radius 2 is 1.64 bits per heavy atom. The minimum Gasteiger partial charge on any atom is -0.497 e. The highest BCUT2D eigenvalue weighted by Gasteiger charge is 2.21. The molecule has 0 unspecified atom stereocenters. The molecule has 1 aliphatic rings. The summed E-state index contributed by atoms with van der Waals surface area (Å²) < 4.78 is 6.34. The Balaban J connectivity index is 1.46. The van der Waals surface area contributed by atoms with E-state index in [1.165, 1.54) is 5.56 Å². The minimum atomic E-state index is 0.145. The summed E-state index contributed by atoms with van der Waals surface area (Å²) in [7, 11) is 1.69. The van der Waals surface area contributed by atoms with Gasteiger partial charge in [0.15, 0.2) is 0 Å². The van der Waals surface area contributed by atoms with Gasteiger partial charge in [0, 0.05) is 41.9 Å². The van der Waals surface area contributed by atoms with Gasteiger partial charge in [0.1, 0.15) is 5.75 Å². The van der Waals surface area contributed by atoms with Gasteiger partial charge in [-0.15, -0.1) is 0 Å². The summed E-state index contributed by atoms with van der Waals surface area (Å²) in [6, 6.07) is 16.1. The summed E-state index contributed by atoms with van der Waals surface area (Å²) in [6.45, 7) is 4.50. The molecule has 0 N–H and O–H groups in total. The van der Waals surface area contributed by atoms with E-state index in [0.29, 0.717) is 0 Å². The zero-order valence-electron chi connectivity index (χ0n) is 14.5. The lowest BCUT2D eigenvalue weighted by Gasteiger charge is -2.34. The third-order valence-electron chi connectivity index (χ3n) is 4.63. The first-order chi connectivity index (χ1) is 12.2. The van der Waals surface area contributed by atoms with Crippen molar-refractivity contribution in [2.45, 2.75) is 6.42 Å². The third kappa shape index (κ3) is 4.95. The summed E-state index contributed by atoms with van der Waals surface area (Å²) in [6.07, 6.45) is 1.02. The maximum absolute atomic E-state index is 12.6. The van der Waals surface area contributed by atoms with Crippen LogP contribution in [0.1, 0.15) is 15.9 Å². The van der Waals surface area contributed by atoms with Crippen LogP contribution in [0.5, 0.6) is 5.75 Å². The molecular weight excluding hydrogens is 427 g/mol. The fourth-order valence-electron chi connectivity index (χ4n) is 3.03. The number of carbonyl (C=O) groups is 1. The molecule has 2 aromatic rings. The maximum Gasteiger partial charge on any atom is 0.253 e. The number of hydrogen-bond acceptors (Lipinski definition) is 3. The number of piperazine rings is 1. The number of benzene rings is 2. The molecule has 1 heterocycles. The molecule has 0 spiro atoms. The number of hydrogen-bond donors (Lipinski definition) is 0. The molecule has 0 bridgehead atoms. The van der Waals surface area contributed by atoms with Crippen LogP contribution in [0.3, 0.4) is 0 Å². The maximum atomic E-state index is 12.6. The molecule has 0 aromatic heterocycles. The number of ether oxygens (including phenoxy) is 1. The van der Waals surface area contributed by atoms with Crippen LogP contribution in [-0.2, 0) is 6.42 Å². The van der Waals surface area contributed by atoms with E-state index in [0.717, 1.165) is 54.0 Å². The molecule has 0 saturated carbocycles. The number of amides is 1. The normalized spacial score (nSPS) is 15.2. The van der Waals surface area contributed by atoms with Gasteiger partial charge in [0.2, 0.25) is 0 Å². The van der Waals surface area contributed by atoms with E-state index in [4.69, 9.17) is 4.74 Å². The Morgan fingerprint density at radius 1 is 1.00 bits per heavy atom. The smallest absolute Gasteiger partial charge is 0.253 e. The summed E-state index contributed by atoms with van der Waals surface area (Å²) in [5.74, 6) is 1.04. The van der Waals surface area contributed by atoms with Gasteiger partial charge in [0.25, 0.3) is 5.91 Å². The highest BCUT2D eigenvalue weighted by Crippen LogP contribution is 2.14. The predicted octanol–water partition coefficient (Wildman–Crippen LogP) is 3.30. The van der Waals surface area contributed by atoms with Gasteiger partial charge in [-0.1, -0.05) is 12.1 Å². The molecule has 1 saturated heterocycles. The Hall–Kier alpha value is -1.60. The van der Waals surface area contributed by atoms with Crippen molar-refractivity contribution in [1.82, 2.24) is 9.80 Å². The highest BCUT2D eigenvalue weighted by atomic mass is 127. The van der Waals surface area contributed by atoms with Gasteiger partial charge >= 0.3 is 0 Å². The first kappa shape index (κ1) is 18.2. The van der Waals surface area contributed by atoms with Crippen LogP contribution < -0.4 is 4.74 Å². The van der Waals surface area contributed by atoms with E-state index in [1.807, 2.05) is 41.3 Å². The molecule has 5 heteroatoms. The van der Waals surface area contributed by atoms with Crippen molar-refractivity contribution >= 4 is 28.5 Å². The van der Waals surface area contributed by atoms with Crippen molar-refractivity contribution in [2.75, 3.05) is 39.8 Å². The van der Waals surface area contributed by atoms with Crippen molar-refractivity contribution in [3.63, 3.8) is 0 Å². The van der Waals surface area contributed by atoms with Crippen LogP contribution in [-0.4, -0.2) is 55.5 Å². The zero-order valence-corrected chi connectivity index (χ0v) is 16.6. The predicted molar refractivity (Wildman–Crippen MR) is 108 cm³/mol. The largest absolute Gasteiger partial charge is 0.497 e. The SMILES string of the molecule is COc1ccc(CCN2CCN(C(=O)c3ccc(I)cc3)CC2)cc1. The lowest BCUT2D eigenvalue weighted by molar-refractivity contribution is 0.0638. The van der Waals surface area contributed by atoms with E-state index in [-0.39, 0.29) is 5.91 Å². The van der Waals surface area contributed by atoms with Gasteiger partial charge in [0.05, 0.1) is 7.11 Å². The van der Waals surface area contributed by atoms with Gasteiger partial charge < -0.3 is 9.64 Å². The molecule has 1 fully saturated rings. The van der Waals surface area contributed by atoms with Crippen LogP contribution in [0.15, 0.2) is 48.5 Å². The standard InChI is InChI=1S/C20H23IN2O2/c1-25-19-8-2-16(3-9-19)10-11-22-12-14-23(15-13-22)20(24)17-4-6-18(21)7-5-17/h2-9H,10-15H2,1H3. The van der Waals surface area contributed by atoms with Crippen LogP contribution >= 0.6 is 22.6 Å². The molecule has 1 aliphatic heterocycles. The van der Waals surface area contributed by atoms with E-state index < -0.39 is 0 Å². The van der Waals surface area contributed by atoms with Gasteiger partial charge in [-0.2, -0.15) is 0 Å². The first-order valence-electron chi connectivity index (χ1n) is 8.56. The van der Waals surface area contributed by atoms with Crippen molar-refractivity contribution in [3.8, 4) is 5.75 Å². The molecule has 0 radical (unpaired) electrons. The molecule has 1 amide bonds. The fourth-order valence-corrected chi connectivity index (χ4v) is 3.39. The molecule has 0 atom stereocenters. The monoisotopic (exact) mass is 450 g/mol. The summed E-state index contributed by atoms with van der Waals surface area (Å²) in [5, 5.41) is 0. The van der Waals surface area contributed by atoms with E-state index >= 15 is 0 Å². The Bertz CT molecular complexity index is 693. The molecule has 2 aromatic carbocycles. The van der Waals surface area contributed by atoms with Gasteiger partial charge in [-0.25, -0.2) is 0 Å². The van der Waals surface area contributed by atoms with E-state index in [1.54, 1.807) is 7.11 Å². The van der Waals surface area contributed by atoms with Gasteiger partial charge in [-0.05, 0) is 71.0 Å². The molecule has 3 rings (SSSR count). The first-order valence-corrected chi connectivity index (χ1v) is 9.64. The van der Waals surface area contributed by atoms with Crippen LogP contribution in [0.4, 0.5) is 0 Å². The Labute approximate surface area is 162 Å². The second-order valence-corrected chi connectivity index (χ2v) is 7.48. The Kier molecular flexibility index (Phi) is 6.31. The van der Waals surface area contributed by atoms with E-state index in [2.05, 4.69) is 39.6 Å². The number of methoxy groups -OCH3 is 1. The van der Waals surface area contributed by atoms with Crippen LogP contribution in [0, 0.1) is 3.57 Å². The molecule has 25 heavy (non-hydrogen) atoms. The second kappa shape index (κ2) is 8.67.